The van der Waals surface area contributed by atoms with Gasteiger partial charge in [-0.2, -0.15) is 0 Å². The van der Waals surface area contributed by atoms with Gasteiger partial charge in [-0.05, 0) is 37.1 Å². The molecule has 5 nitrogen and oxygen atoms in total. The fourth-order valence-corrected chi connectivity index (χ4v) is 2.94. The minimum atomic E-state index is -0.408. The molecular formula is C17H18FN3O2S. The van der Waals surface area contributed by atoms with Crippen LogP contribution in [0.4, 0.5) is 15.8 Å². The van der Waals surface area contributed by atoms with Crippen molar-refractivity contribution in [2.45, 2.75) is 18.9 Å². The third-order valence-corrected chi connectivity index (χ3v) is 4.24. The van der Waals surface area contributed by atoms with Gasteiger partial charge in [0, 0.05) is 30.3 Å². The normalized spacial score (nSPS) is 17.3. The van der Waals surface area contributed by atoms with Gasteiger partial charge in [-0.1, -0.05) is 0 Å². The first-order valence-corrected chi connectivity index (χ1v) is 8.67. The highest BCUT2D eigenvalue weighted by Gasteiger charge is 2.15. The maximum absolute atomic E-state index is 14.1. The summed E-state index contributed by atoms with van der Waals surface area (Å²) < 4.78 is 19.6. The number of nitrogens with zero attached hydrogens (tertiary/aromatic N) is 1. The van der Waals surface area contributed by atoms with E-state index in [0.717, 1.165) is 25.1 Å². The van der Waals surface area contributed by atoms with E-state index in [0.29, 0.717) is 17.9 Å². The largest absolute Gasteiger partial charge is 0.380 e. The molecule has 1 atom stereocenters. The number of aromatic nitrogens is 1. The molecule has 1 aliphatic rings. The van der Waals surface area contributed by atoms with E-state index in [4.69, 9.17) is 4.74 Å². The number of benzene rings is 1. The predicted octanol–water partition coefficient (Wildman–Crippen LogP) is 3.53. The third-order valence-electron chi connectivity index (χ3n) is 3.64. The summed E-state index contributed by atoms with van der Waals surface area (Å²) in [5.41, 5.74) is 3.22. The van der Waals surface area contributed by atoms with Gasteiger partial charge in [-0.3, -0.25) is 4.79 Å². The SMILES string of the molecule is O=C(/C=C\c1cscn1)Nc1ccc(NC[C@@H]2CCCO2)c(F)c1. The molecule has 2 aromatic rings. The van der Waals surface area contributed by atoms with Crippen LogP contribution in [0.3, 0.4) is 0 Å². The summed E-state index contributed by atoms with van der Waals surface area (Å²) >= 11 is 1.45. The third kappa shape index (κ3) is 4.62. The molecule has 1 aromatic carbocycles. The Balaban J connectivity index is 1.54. The molecule has 1 amide bonds. The van der Waals surface area contributed by atoms with Gasteiger partial charge in [-0.15, -0.1) is 11.3 Å². The van der Waals surface area contributed by atoms with Gasteiger partial charge in [0.15, 0.2) is 0 Å². The Kier molecular flexibility index (Phi) is 5.55. The number of ether oxygens (including phenoxy) is 1. The van der Waals surface area contributed by atoms with E-state index in [1.165, 1.54) is 23.5 Å². The lowest BCUT2D eigenvalue weighted by Crippen LogP contribution is -2.19. The molecule has 0 radical (unpaired) electrons. The van der Waals surface area contributed by atoms with Crippen molar-refractivity contribution < 1.29 is 13.9 Å². The lowest BCUT2D eigenvalue weighted by molar-refractivity contribution is -0.111. The van der Waals surface area contributed by atoms with E-state index in [9.17, 15) is 9.18 Å². The van der Waals surface area contributed by atoms with Crippen LogP contribution in [0.25, 0.3) is 6.08 Å². The Morgan fingerprint density at radius 1 is 1.50 bits per heavy atom. The highest BCUT2D eigenvalue weighted by atomic mass is 32.1. The monoisotopic (exact) mass is 347 g/mol. The van der Waals surface area contributed by atoms with Crippen molar-refractivity contribution in [3.63, 3.8) is 0 Å². The van der Waals surface area contributed by atoms with Gasteiger partial charge in [0.1, 0.15) is 5.82 Å². The number of carbonyl (C=O) groups excluding carboxylic acids is 1. The zero-order valence-electron chi connectivity index (χ0n) is 13.0. The molecule has 7 heteroatoms. The van der Waals surface area contributed by atoms with E-state index in [-0.39, 0.29) is 12.0 Å². The molecule has 126 valence electrons. The Morgan fingerprint density at radius 2 is 2.42 bits per heavy atom. The van der Waals surface area contributed by atoms with Crippen LogP contribution >= 0.6 is 11.3 Å². The van der Waals surface area contributed by atoms with Crippen LogP contribution in [-0.4, -0.2) is 30.1 Å². The summed E-state index contributed by atoms with van der Waals surface area (Å²) in [5.74, 6) is -0.739. The summed E-state index contributed by atoms with van der Waals surface area (Å²) in [6, 6.07) is 4.58. The molecule has 1 saturated heterocycles. The van der Waals surface area contributed by atoms with Crippen molar-refractivity contribution in [3.05, 3.63) is 46.7 Å². The number of rotatable bonds is 6. The smallest absolute Gasteiger partial charge is 0.248 e. The summed E-state index contributed by atoms with van der Waals surface area (Å²) in [4.78, 5) is 15.9. The highest BCUT2D eigenvalue weighted by Crippen LogP contribution is 2.20. The van der Waals surface area contributed by atoms with E-state index in [1.807, 2.05) is 5.38 Å². The number of amides is 1. The first kappa shape index (κ1) is 16.6. The van der Waals surface area contributed by atoms with Crippen molar-refractivity contribution in [1.82, 2.24) is 4.98 Å². The average Bonchev–Trinajstić information content (AvgIpc) is 3.26. The topological polar surface area (TPSA) is 63.2 Å². The van der Waals surface area contributed by atoms with E-state index >= 15 is 0 Å². The molecule has 2 heterocycles. The predicted molar refractivity (Wildman–Crippen MR) is 93.6 cm³/mol. The van der Waals surface area contributed by atoms with Crippen LogP contribution < -0.4 is 10.6 Å². The molecule has 0 unspecified atom stereocenters. The zero-order valence-corrected chi connectivity index (χ0v) is 13.8. The Morgan fingerprint density at radius 3 is 3.12 bits per heavy atom. The molecule has 24 heavy (non-hydrogen) atoms. The second kappa shape index (κ2) is 8.03. The van der Waals surface area contributed by atoms with E-state index < -0.39 is 5.82 Å². The fraction of sp³-hybridized carbons (Fsp3) is 0.294. The number of halogens is 1. The van der Waals surface area contributed by atoms with Gasteiger partial charge >= 0.3 is 0 Å². The van der Waals surface area contributed by atoms with Gasteiger partial charge < -0.3 is 15.4 Å². The Hall–Kier alpha value is -2.25. The summed E-state index contributed by atoms with van der Waals surface area (Å²) in [6.45, 7) is 1.35. The number of thiazole rings is 1. The minimum absolute atomic E-state index is 0.139. The van der Waals surface area contributed by atoms with Crippen molar-refractivity contribution >= 4 is 34.7 Å². The minimum Gasteiger partial charge on any atom is -0.380 e. The Labute approximate surface area is 143 Å². The van der Waals surface area contributed by atoms with Gasteiger partial charge in [0.25, 0.3) is 0 Å². The van der Waals surface area contributed by atoms with Gasteiger partial charge in [0.2, 0.25) is 5.91 Å². The maximum atomic E-state index is 14.1. The van der Waals surface area contributed by atoms with Crippen LogP contribution in [-0.2, 0) is 9.53 Å². The molecule has 0 bridgehead atoms. The summed E-state index contributed by atoms with van der Waals surface area (Å²) in [7, 11) is 0. The van der Waals surface area contributed by atoms with Crippen molar-refractivity contribution in [1.29, 1.82) is 0 Å². The van der Waals surface area contributed by atoms with E-state index in [2.05, 4.69) is 15.6 Å². The number of nitrogens with one attached hydrogen (secondary N) is 2. The number of anilines is 2. The number of hydrogen-bond acceptors (Lipinski definition) is 5. The quantitative estimate of drug-likeness (QED) is 0.785. The molecule has 0 saturated carbocycles. The molecule has 2 N–H and O–H groups in total. The summed E-state index contributed by atoms with van der Waals surface area (Å²) in [6.07, 6.45) is 5.16. The first-order valence-electron chi connectivity index (χ1n) is 7.73. The second-order valence-corrected chi connectivity index (χ2v) is 6.17. The van der Waals surface area contributed by atoms with Crippen LogP contribution in [0.2, 0.25) is 0 Å². The standard InChI is InChI=1S/C17H18FN3O2S/c18-15-8-12(21-17(22)6-4-13-10-24-11-20-13)3-5-16(15)19-9-14-2-1-7-23-14/h3-6,8,10-11,14,19H,1-2,7,9H2,(H,21,22)/b6-4-/t14-/m0/s1. The van der Waals surface area contributed by atoms with Crippen molar-refractivity contribution in [2.24, 2.45) is 0 Å². The van der Waals surface area contributed by atoms with Crippen LogP contribution in [0.1, 0.15) is 18.5 Å². The zero-order chi connectivity index (χ0) is 16.8. The molecule has 1 aliphatic heterocycles. The molecule has 0 aliphatic carbocycles. The molecule has 0 spiro atoms. The molecular weight excluding hydrogens is 329 g/mol. The maximum Gasteiger partial charge on any atom is 0.248 e. The van der Waals surface area contributed by atoms with Crippen LogP contribution in [0.5, 0.6) is 0 Å². The van der Waals surface area contributed by atoms with E-state index in [1.54, 1.807) is 23.7 Å². The van der Waals surface area contributed by atoms with Gasteiger partial charge in [0.05, 0.1) is 23.0 Å². The molecule has 3 rings (SSSR count). The average molecular weight is 347 g/mol. The molecule has 1 fully saturated rings. The van der Waals surface area contributed by atoms with Gasteiger partial charge in [-0.25, -0.2) is 9.37 Å². The fourth-order valence-electron chi connectivity index (χ4n) is 2.41. The first-order chi connectivity index (χ1) is 11.7. The molecule has 1 aromatic heterocycles. The van der Waals surface area contributed by atoms with Crippen LogP contribution in [0.15, 0.2) is 35.2 Å². The van der Waals surface area contributed by atoms with Crippen molar-refractivity contribution in [2.75, 3.05) is 23.8 Å². The van der Waals surface area contributed by atoms with Crippen LogP contribution in [0, 0.1) is 5.82 Å². The number of carbonyl (C=O) groups is 1. The number of hydrogen-bond donors (Lipinski definition) is 2. The summed E-state index contributed by atoms with van der Waals surface area (Å²) in [5, 5.41) is 7.50. The second-order valence-electron chi connectivity index (χ2n) is 5.45. The Bertz CT molecular complexity index is 713. The lowest BCUT2D eigenvalue weighted by atomic mass is 10.2. The van der Waals surface area contributed by atoms with Crippen molar-refractivity contribution in [3.8, 4) is 0 Å². The lowest BCUT2D eigenvalue weighted by Gasteiger charge is -2.13. The highest BCUT2D eigenvalue weighted by molar-refractivity contribution is 7.07.